The van der Waals surface area contributed by atoms with Gasteiger partial charge >= 0.3 is 0 Å². The molecule has 17 heavy (non-hydrogen) atoms. The molecule has 0 saturated carbocycles. The SMILES string of the molecule is COc1ccc(CNC2CCSC2)cc1C#N. The van der Waals surface area contributed by atoms with E-state index in [-0.39, 0.29) is 0 Å². The number of nitrogens with one attached hydrogen (secondary N) is 1. The molecule has 1 saturated heterocycles. The van der Waals surface area contributed by atoms with Gasteiger partial charge in [0.05, 0.1) is 12.7 Å². The Hall–Kier alpha value is -1.18. The molecule has 2 rings (SSSR count). The van der Waals surface area contributed by atoms with Crippen molar-refractivity contribution in [1.29, 1.82) is 5.26 Å². The molecule has 4 heteroatoms. The highest BCUT2D eigenvalue weighted by molar-refractivity contribution is 7.99. The van der Waals surface area contributed by atoms with E-state index in [1.54, 1.807) is 7.11 Å². The Morgan fingerprint density at radius 2 is 2.47 bits per heavy atom. The Morgan fingerprint density at radius 1 is 1.59 bits per heavy atom. The van der Waals surface area contributed by atoms with Crippen molar-refractivity contribution in [3.05, 3.63) is 29.3 Å². The average molecular weight is 248 g/mol. The van der Waals surface area contributed by atoms with Crippen molar-refractivity contribution in [3.8, 4) is 11.8 Å². The van der Waals surface area contributed by atoms with Crippen LogP contribution in [0, 0.1) is 11.3 Å². The summed E-state index contributed by atoms with van der Waals surface area (Å²) in [7, 11) is 1.59. The molecular formula is C13H16N2OS. The topological polar surface area (TPSA) is 45.0 Å². The number of methoxy groups -OCH3 is 1. The molecule has 0 bridgehead atoms. The molecule has 1 fully saturated rings. The molecule has 0 aromatic heterocycles. The van der Waals surface area contributed by atoms with E-state index in [1.165, 1.54) is 17.9 Å². The third kappa shape index (κ3) is 3.15. The van der Waals surface area contributed by atoms with E-state index in [9.17, 15) is 0 Å². The van der Waals surface area contributed by atoms with Crippen LogP contribution in [-0.2, 0) is 6.54 Å². The largest absolute Gasteiger partial charge is 0.495 e. The Morgan fingerprint density at radius 3 is 3.12 bits per heavy atom. The highest BCUT2D eigenvalue weighted by Gasteiger charge is 2.14. The van der Waals surface area contributed by atoms with Crippen LogP contribution in [0.1, 0.15) is 17.5 Å². The van der Waals surface area contributed by atoms with Crippen LogP contribution < -0.4 is 10.1 Å². The molecular weight excluding hydrogens is 232 g/mol. The zero-order valence-corrected chi connectivity index (χ0v) is 10.7. The van der Waals surface area contributed by atoms with Crippen molar-refractivity contribution >= 4 is 11.8 Å². The monoisotopic (exact) mass is 248 g/mol. The lowest BCUT2D eigenvalue weighted by Gasteiger charge is -2.12. The van der Waals surface area contributed by atoms with Crippen LogP contribution in [0.25, 0.3) is 0 Å². The molecule has 1 N–H and O–H groups in total. The second-order valence-electron chi connectivity index (χ2n) is 4.09. The quantitative estimate of drug-likeness (QED) is 0.887. The molecule has 1 aliphatic heterocycles. The Balaban J connectivity index is 1.99. The zero-order chi connectivity index (χ0) is 12.1. The second kappa shape index (κ2) is 5.95. The fraction of sp³-hybridized carbons (Fsp3) is 0.462. The lowest BCUT2D eigenvalue weighted by atomic mass is 10.1. The van der Waals surface area contributed by atoms with E-state index < -0.39 is 0 Å². The van der Waals surface area contributed by atoms with Crippen LogP contribution in [0.5, 0.6) is 5.75 Å². The van der Waals surface area contributed by atoms with Crippen LogP contribution in [0.4, 0.5) is 0 Å². The number of rotatable bonds is 4. The first-order valence-corrected chi connectivity index (χ1v) is 6.87. The molecule has 1 unspecified atom stereocenters. The lowest BCUT2D eigenvalue weighted by Crippen LogP contribution is -2.27. The van der Waals surface area contributed by atoms with Gasteiger partial charge in [-0.3, -0.25) is 0 Å². The van der Waals surface area contributed by atoms with Gasteiger partial charge in [-0.2, -0.15) is 17.0 Å². The van der Waals surface area contributed by atoms with Gasteiger partial charge in [0.15, 0.2) is 0 Å². The molecule has 1 atom stereocenters. The van der Waals surface area contributed by atoms with Crippen LogP contribution >= 0.6 is 11.8 Å². The van der Waals surface area contributed by atoms with Gasteiger partial charge < -0.3 is 10.1 Å². The van der Waals surface area contributed by atoms with Gasteiger partial charge in [0.1, 0.15) is 11.8 Å². The molecule has 0 spiro atoms. The predicted molar refractivity (Wildman–Crippen MR) is 70.3 cm³/mol. The smallest absolute Gasteiger partial charge is 0.136 e. The normalized spacial score (nSPS) is 18.9. The highest BCUT2D eigenvalue weighted by Crippen LogP contribution is 2.20. The van der Waals surface area contributed by atoms with Crippen LogP contribution in [-0.4, -0.2) is 24.7 Å². The van der Waals surface area contributed by atoms with E-state index in [2.05, 4.69) is 11.4 Å². The Kier molecular flexibility index (Phi) is 4.29. The minimum atomic E-state index is 0.604. The standard InChI is InChI=1S/C13H16N2OS/c1-16-13-3-2-10(6-11(13)7-14)8-15-12-4-5-17-9-12/h2-3,6,12,15H,4-5,8-9H2,1H3. The molecule has 1 aromatic rings. The fourth-order valence-corrected chi connectivity index (χ4v) is 3.10. The van der Waals surface area contributed by atoms with Gasteiger partial charge in [0.25, 0.3) is 0 Å². The summed E-state index contributed by atoms with van der Waals surface area (Å²) in [4.78, 5) is 0. The zero-order valence-electron chi connectivity index (χ0n) is 9.90. The van der Waals surface area contributed by atoms with Gasteiger partial charge in [0.2, 0.25) is 0 Å². The van der Waals surface area contributed by atoms with E-state index in [0.717, 1.165) is 12.1 Å². The van der Waals surface area contributed by atoms with Gasteiger partial charge in [-0.25, -0.2) is 0 Å². The summed E-state index contributed by atoms with van der Waals surface area (Å²) in [6.07, 6.45) is 1.24. The number of ether oxygens (including phenoxy) is 1. The number of nitriles is 1. The maximum Gasteiger partial charge on any atom is 0.136 e. The van der Waals surface area contributed by atoms with Gasteiger partial charge in [-0.05, 0) is 29.9 Å². The summed E-state index contributed by atoms with van der Waals surface area (Å²) < 4.78 is 5.12. The Bertz CT molecular complexity index is 422. The maximum atomic E-state index is 9.00. The Labute approximate surface area is 106 Å². The van der Waals surface area contributed by atoms with Crippen LogP contribution in [0.2, 0.25) is 0 Å². The fourth-order valence-electron chi connectivity index (χ4n) is 1.91. The molecule has 1 heterocycles. The number of benzene rings is 1. The van der Waals surface area contributed by atoms with Crippen molar-refractivity contribution < 1.29 is 4.74 Å². The minimum Gasteiger partial charge on any atom is -0.495 e. The predicted octanol–water partition coefficient (Wildman–Crippen LogP) is 2.16. The molecule has 90 valence electrons. The van der Waals surface area contributed by atoms with Gasteiger partial charge in [0, 0.05) is 18.3 Å². The molecule has 1 aliphatic rings. The van der Waals surface area contributed by atoms with Crippen molar-refractivity contribution in [2.24, 2.45) is 0 Å². The van der Waals surface area contributed by atoms with Crippen LogP contribution in [0.15, 0.2) is 18.2 Å². The van der Waals surface area contributed by atoms with E-state index in [4.69, 9.17) is 10.00 Å². The third-order valence-electron chi connectivity index (χ3n) is 2.91. The summed E-state index contributed by atoms with van der Waals surface area (Å²) in [6.45, 7) is 0.823. The second-order valence-corrected chi connectivity index (χ2v) is 5.24. The van der Waals surface area contributed by atoms with E-state index in [1.807, 2.05) is 30.0 Å². The van der Waals surface area contributed by atoms with Crippen molar-refractivity contribution in [3.63, 3.8) is 0 Å². The first-order chi connectivity index (χ1) is 8.33. The van der Waals surface area contributed by atoms with E-state index >= 15 is 0 Å². The molecule has 3 nitrogen and oxygen atoms in total. The van der Waals surface area contributed by atoms with Crippen molar-refractivity contribution in [2.45, 2.75) is 19.0 Å². The number of hydrogen-bond donors (Lipinski definition) is 1. The van der Waals surface area contributed by atoms with Gasteiger partial charge in [-0.1, -0.05) is 6.07 Å². The molecule has 0 amide bonds. The minimum absolute atomic E-state index is 0.604. The third-order valence-corrected chi connectivity index (χ3v) is 4.07. The highest BCUT2D eigenvalue weighted by atomic mass is 32.2. The maximum absolute atomic E-state index is 9.00. The van der Waals surface area contributed by atoms with Crippen molar-refractivity contribution in [1.82, 2.24) is 5.32 Å². The lowest BCUT2D eigenvalue weighted by molar-refractivity contribution is 0.413. The number of hydrogen-bond acceptors (Lipinski definition) is 4. The summed E-state index contributed by atoms with van der Waals surface area (Å²) in [5, 5.41) is 12.5. The first-order valence-electron chi connectivity index (χ1n) is 5.71. The van der Waals surface area contributed by atoms with Gasteiger partial charge in [-0.15, -0.1) is 0 Å². The summed E-state index contributed by atoms with van der Waals surface area (Å²) in [5.74, 6) is 3.10. The van der Waals surface area contributed by atoms with Crippen molar-refractivity contribution in [2.75, 3.05) is 18.6 Å². The molecule has 1 aromatic carbocycles. The summed E-state index contributed by atoms with van der Waals surface area (Å²) >= 11 is 2.00. The van der Waals surface area contributed by atoms with Crippen LogP contribution in [0.3, 0.4) is 0 Å². The van der Waals surface area contributed by atoms with E-state index in [0.29, 0.717) is 17.4 Å². The summed E-state index contributed by atoms with van der Waals surface area (Å²) in [6, 6.07) is 8.54. The number of nitrogens with zero attached hydrogens (tertiary/aromatic N) is 1. The summed E-state index contributed by atoms with van der Waals surface area (Å²) in [5.41, 5.74) is 1.74. The first kappa shape index (κ1) is 12.3. The molecule has 0 aliphatic carbocycles. The number of thioether (sulfide) groups is 1. The average Bonchev–Trinajstić information content (AvgIpc) is 2.89. The molecule has 0 radical (unpaired) electrons.